The van der Waals surface area contributed by atoms with Gasteiger partial charge in [0.25, 0.3) is 0 Å². The summed E-state index contributed by atoms with van der Waals surface area (Å²) >= 11 is 0. The van der Waals surface area contributed by atoms with E-state index in [0.717, 1.165) is 0 Å². The molecule has 32 heavy (non-hydrogen) atoms. The zero-order valence-electron chi connectivity index (χ0n) is 22.2. The van der Waals surface area contributed by atoms with E-state index in [9.17, 15) is 0 Å². The van der Waals surface area contributed by atoms with Crippen LogP contribution in [-0.4, -0.2) is 0 Å². The summed E-state index contributed by atoms with van der Waals surface area (Å²) in [5, 5.41) is 0. The Morgan fingerprint density at radius 3 is 1.38 bits per heavy atom. The second-order valence-corrected chi connectivity index (χ2v) is 10.3. The van der Waals surface area contributed by atoms with Gasteiger partial charge in [-0.05, 0) is 25.3 Å². The van der Waals surface area contributed by atoms with Crippen LogP contribution in [0.5, 0.6) is 0 Å². The quantitative estimate of drug-likeness (QED) is 0.110. The maximum absolute atomic E-state index is 2.42. The average Bonchev–Trinajstić information content (AvgIpc) is 2.81. The van der Waals surface area contributed by atoms with E-state index in [-0.39, 0.29) is 0 Å². The fourth-order valence-corrected chi connectivity index (χ4v) is 4.82. The van der Waals surface area contributed by atoms with E-state index in [1.807, 2.05) is 0 Å². The average molecular weight is 445 g/mol. The topological polar surface area (TPSA) is 3.88 Å². The highest BCUT2D eigenvalue weighted by Crippen LogP contribution is 2.14. The molecule has 0 spiro atoms. The van der Waals surface area contributed by atoms with Crippen LogP contribution in [-0.2, 0) is 13.0 Å². The number of aryl methyl sites for hydroxylation is 2. The Kier molecular flexibility index (Phi) is 21.3. The van der Waals surface area contributed by atoms with E-state index in [1.165, 1.54) is 160 Å². The Hall–Kier alpha value is -0.850. The first-order chi connectivity index (χ1) is 15.9. The van der Waals surface area contributed by atoms with Gasteiger partial charge in [-0.25, -0.2) is 4.57 Å². The van der Waals surface area contributed by atoms with Crippen LogP contribution >= 0.6 is 0 Å². The molecule has 1 heterocycles. The number of aromatic nitrogens is 1. The molecule has 0 amide bonds. The minimum Gasteiger partial charge on any atom is -0.205 e. The molecule has 0 aliphatic heterocycles. The van der Waals surface area contributed by atoms with Crippen molar-refractivity contribution in [1.82, 2.24) is 0 Å². The number of unbranched alkanes of at least 4 members (excludes halogenated alkanes) is 20. The largest absolute Gasteiger partial charge is 0.205 e. The molecule has 0 radical (unpaired) electrons. The van der Waals surface area contributed by atoms with Crippen molar-refractivity contribution < 1.29 is 4.57 Å². The van der Waals surface area contributed by atoms with Crippen molar-refractivity contribution in [3.63, 3.8) is 0 Å². The molecule has 0 unspecified atom stereocenters. The summed E-state index contributed by atoms with van der Waals surface area (Å²) in [6, 6.07) is 4.56. The van der Waals surface area contributed by atoms with Crippen molar-refractivity contribution in [2.75, 3.05) is 0 Å². The molecule has 1 aromatic heterocycles. The lowest BCUT2D eigenvalue weighted by molar-refractivity contribution is -0.697. The van der Waals surface area contributed by atoms with Gasteiger partial charge in [0.1, 0.15) is 6.54 Å². The summed E-state index contributed by atoms with van der Waals surface area (Å²) in [7, 11) is 0. The van der Waals surface area contributed by atoms with Gasteiger partial charge in [0.15, 0.2) is 12.4 Å². The molecule has 1 heteroatoms. The fourth-order valence-electron chi connectivity index (χ4n) is 4.82. The monoisotopic (exact) mass is 444 g/mol. The van der Waals surface area contributed by atoms with Crippen LogP contribution in [0.15, 0.2) is 24.5 Å². The zero-order valence-corrected chi connectivity index (χ0v) is 22.2. The second-order valence-electron chi connectivity index (χ2n) is 10.3. The van der Waals surface area contributed by atoms with Crippen LogP contribution in [0.1, 0.15) is 161 Å². The minimum atomic E-state index is 1.20. The van der Waals surface area contributed by atoms with Gasteiger partial charge in [0, 0.05) is 18.1 Å². The van der Waals surface area contributed by atoms with Crippen molar-refractivity contribution in [1.29, 1.82) is 0 Å². The van der Waals surface area contributed by atoms with Crippen LogP contribution in [0, 0.1) is 0 Å². The second kappa shape index (κ2) is 23.3. The number of pyridine rings is 1. The standard InChI is InChI=1S/C31H58N/c1-3-5-7-9-10-11-12-13-14-15-16-17-18-19-20-22-24-28-32-29-25-27-31(30-32)26-23-21-8-6-4-2/h25,27,29-30H,3-24,26,28H2,1-2H3/q+1. The highest BCUT2D eigenvalue weighted by Gasteiger charge is 2.03. The molecular weight excluding hydrogens is 386 g/mol. The van der Waals surface area contributed by atoms with E-state index in [2.05, 4.69) is 42.9 Å². The lowest BCUT2D eigenvalue weighted by atomic mass is 10.0. The molecule has 0 atom stereocenters. The maximum atomic E-state index is 2.42. The van der Waals surface area contributed by atoms with Gasteiger partial charge in [-0.3, -0.25) is 0 Å². The molecule has 1 rings (SSSR count). The summed E-state index contributed by atoms with van der Waals surface area (Å²) in [6.07, 6.45) is 37.4. The number of nitrogens with zero attached hydrogens (tertiary/aromatic N) is 1. The normalized spacial score (nSPS) is 11.3. The summed E-state index contributed by atoms with van der Waals surface area (Å²) in [4.78, 5) is 0. The molecule has 0 saturated heterocycles. The molecule has 186 valence electrons. The molecule has 0 fully saturated rings. The lowest BCUT2D eigenvalue weighted by Gasteiger charge is -2.04. The van der Waals surface area contributed by atoms with Crippen LogP contribution in [0.3, 0.4) is 0 Å². The first-order valence-electron chi connectivity index (χ1n) is 14.8. The van der Waals surface area contributed by atoms with Crippen molar-refractivity contribution in [2.24, 2.45) is 0 Å². The molecule has 0 saturated carbocycles. The van der Waals surface area contributed by atoms with Gasteiger partial charge in [-0.15, -0.1) is 0 Å². The minimum absolute atomic E-state index is 1.20. The van der Waals surface area contributed by atoms with Gasteiger partial charge in [0.2, 0.25) is 0 Å². The van der Waals surface area contributed by atoms with Crippen molar-refractivity contribution in [3.8, 4) is 0 Å². The van der Waals surface area contributed by atoms with Gasteiger partial charge in [-0.2, -0.15) is 0 Å². The highest BCUT2D eigenvalue weighted by atomic mass is 14.9. The molecule has 0 aliphatic rings. The first kappa shape index (κ1) is 29.2. The summed E-state index contributed by atoms with van der Waals surface area (Å²) < 4.78 is 2.42. The Morgan fingerprint density at radius 1 is 0.500 bits per heavy atom. The maximum Gasteiger partial charge on any atom is 0.171 e. The van der Waals surface area contributed by atoms with Gasteiger partial charge in [-0.1, -0.05) is 136 Å². The molecule has 0 N–H and O–H groups in total. The number of hydrogen-bond acceptors (Lipinski definition) is 0. The summed E-state index contributed by atoms with van der Waals surface area (Å²) in [5.41, 5.74) is 1.52. The Morgan fingerprint density at radius 2 is 0.906 bits per heavy atom. The third kappa shape index (κ3) is 18.7. The summed E-state index contributed by atoms with van der Waals surface area (Å²) in [6.45, 7) is 5.79. The van der Waals surface area contributed by atoms with E-state index in [0.29, 0.717) is 0 Å². The molecule has 0 bridgehead atoms. The molecular formula is C31H58N+. The van der Waals surface area contributed by atoms with Crippen molar-refractivity contribution >= 4 is 0 Å². The number of hydrogen-bond donors (Lipinski definition) is 0. The predicted molar refractivity (Wildman–Crippen MR) is 143 cm³/mol. The zero-order chi connectivity index (χ0) is 23.0. The molecule has 0 aliphatic carbocycles. The van der Waals surface area contributed by atoms with E-state index in [4.69, 9.17) is 0 Å². The highest BCUT2D eigenvalue weighted by molar-refractivity contribution is 5.05. The van der Waals surface area contributed by atoms with Gasteiger partial charge >= 0.3 is 0 Å². The van der Waals surface area contributed by atoms with E-state index in [1.54, 1.807) is 0 Å². The van der Waals surface area contributed by atoms with Crippen LogP contribution in [0.25, 0.3) is 0 Å². The third-order valence-corrected chi connectivity index (χ3v) is 7.01. The van der Waals surface area contributed by atoms with E-state index >= 15 is 0 Å². The smallest absolute Gasteiger partial charge is 0.171 e. The first-order valence-corrected chi connectivity index (χ1v) is 14.8. The van der Waals surface area contributed by atoms with Crippen LogP contribution < -0.4 is 4.57 Å². The fraction of sp³-hybridized carbons (Fsp3) is 0.839. The number of rotatable bonds is 24. The Balaban J connectivity index is 1.85. The molecule has 1 aromatic rings. The van der Waals surface area contributed by atoms with E-state index < -0.39 is 0 Å². The van der Waals surface area contributed by atoms with Crippen LogP contribution in [0.2, 0.25) is 0 Å². The lowest BCUT2D eigenvalue weighted by Crippen LogP contribution is -2.33. The van der Waals surface area contributed by atoms with Crippen LogP contribution in [0.4, 0.5) is 0 Å². The Bertz CT molecular complexity index is 495. The van der Waals surface area contributed by atoms with Crippen molar-refractivity contribution in [2.45, 2.75) is 168 Å². The van der Waals surface area contributed by atoms with Crippen molar-refractivity contribution in [3.05, 3.63) is 30.1 Å². The molecule has 0 aromatic carbocycles. The Labute approximate surface area is 202 Å². The molecule has 1 nitrogen and oxygen atoms in total. The van der Waals surface area contributed by atoms with Gasteiger partial charge in [0.05, 0.1) is 0 Å². The predicted octanol–water partition coefficient (Wildman–Crippen LogP) is 10.1. The summed E-state index contributed by atoms with van der Waals surface area (Å²) in [5.74, 6) is 0. The SMILES string of the molecule is CCCCCCCCCCCCCCCCCCC[n+]1cccc(CCCCCCC)c1. The van der Waals surface area contributed by atoms with Gasteiger partial charge < -0.3 is 0 Å². The third-order valence-electron chi connectivity index (χ3n) is 7.01.